The molecule has 0 radical (unpaired) electrons. The Kier molecular flexibility index (Phi) is 6.84. The molecule has 9 rings (SSSR count). The topological polar surface area (TPSA) is 25.8 Å². The highest BCUT2D eigenvalue weighted by Crippen LogP contribution is 2.42. The van der Waals surface area contributed by atoms with E-state index < -0.39 is 0 Å². The van der Waals surface area contributed by atoms with Gasteiger partial charge in [-0.15, -0.1) is 0 Å². The van der Waals surface area contributed by atoms with Gasteiger partial charge in [0.15, 0.2) is 0 Å². The van der Waals surface area contributed by atoms with Crippen LogP contribution in [0.3, 0.4) is 0 Å². The molecular weight excluding hydrogens is 581 g/mol. The number of benzene rings is 7. The number of pyridine rings is 2. The molecule has 0 aliphatic rings. The molecule has 2 aromatic heterocycles. The van der Waals surface area contributed by atoms with E-state index in [1.807, 2.05) is 36.9 Å². The molecule has 9 aromatic rings. The second kappa shape index (κ2) is 11.8. The number of hydrogen-bond acceptors (Lipinski definition) is 2. The van der Waals surface area contributed by atoms with E-state index >= 15 is 0 Å². The maximum atomic E-state index is 4.42. The molecular formula is C46H30N2. The van der Waals surface area contributed by atoms with Crippen LogP contribution in [0, 0.1) is 0 Å². The molecule has 0 aliphatic heterocycles. The second-order valence-electron chi connectivity index (χ2n) is 12.2. The van der Waals surface area contributed by atoms with E-state index in [9.17, 15) is 0 Å². The molecule has 2 nitrogen and oxygen atoms in total. The van der Waals surface area contributed by atoms with Crippen molar-refractivity contribution in [2.45, 2.75) is 0 Å². The summed E-state index contributed by atoms with van der Waals surface area (Å²) >= 11 is 0. The van der Waals surface area contributed by atoms with Gasteiger partial charge in [0.25, 0.3) is 0 Å². The summed E-state index contributed by atoms with van der Waals surface area (Å²) < 4.78 is 0. The van der Waals surface area contributed by atoms with Crippen molar-refractivity contribution in [2.24, 2.45) is 0 Å². The molecule has 224 valence electrons. The van der Waals surface area contributed by atoms with Crippen LogP contribution in [-0.2, 0) is 0 Å². The Morgan fingerprint density at radius 2 is 0.667 bits per heavy atom. The highest BCUT2D eigenvalue weighted by atomic mass is 14.6. The fraction of sp³-hybridized carbons (Fsp3) is 0. The Morgan fingerprint density at radius 1 is 0.250 bits per heavy atom. The molecule has 0 aliphatic carbocycles. The predicted molar refractivity (Wildman–Crippen MR) is 202 cm³/mol. The van der Waals surface area contributed by atoms with Crippen molar-refractivity contribution < 1.29 is 0 Å². The molecule has 0 bridgehead atoms. The van der Waals surface area contributed by atoms with Crippen LogP contribution in [-0.4, -0.2) is 9.97 Å². The van der Waals surface area contributed by atoms with Crippen molar-refractivity contribution in [3.8, 4) is 55.6 Å². The van der Waals surface area contributed by atoms with E-state index in [0.717, 1.165) is 27.8 Å². The first-order chi connectivity index (χ1) is 23.8. The van der Waals surface area contributed by atoms with Gasteiger partial charge in [-0.05, 0) is 113 Å². The molecule has 0 N–H and O–H groups in total. The van der Waals surface area contributed by atoms with Crippen molar-refractivity contribution in [2.75, 3.05) is 0 Å². The van der Waals surface area contributed by atoms with Crippen molar-refractivity contribution in [1.29, 1.82) is 0 Å². The van der Waals surface area contributed by atoms with E-state index in [4.69, 9.17) is 0 Å². The van der Waals surface area contributed by atoms with Crippen LogP contribution in [0.1, 0.15) is 0 Å². The Hall–Kier alpha value is -6.38. The van der Waals surface area contributed by atoms with Gasteiger partial charge in [0, 0.05) is 35.9 Å². The smallest absolute Gasteiger partial charge is 0.0346 e. The summed E-state index contributed by atoms with van der Waals surface area (Å²) in [5, 5.41) is 7.70. The van der Waals surface area contributed by atoms with Crippen LogP contribution in [0.15, 0.2) is 183 Å². The lowest BCUT2D eigenvalue weighted by Crippen LogP contribution is -1.91. The summed E-state index contributed by atoms with van der Waals surface area (Å²) in [6.07, 6.45) is 7.50. The van der Waals surface area contributed by atoms with Crippen LogP contribution < -0.4 is 0 Å². The van der Waals surface area contributed by atoms with E-state index in [1.165, 1.54) is 60.1 Å². The molecule has 0 fully saturated rings. The number of hydrogen-bond donors (Lipinski definition) is 0. The largest absolute Gasteiger partial charge is 0.264 e. The van der Waals surface area contributed by atoms with Crippen LogP contribution in [0.25, 0.3) is 88.0 Å². The van der Waals surface area contributed by atoms with Gasteiger partial charge >= 0.3 is 0 Å². The van der Waals surface area contributed by atoms with Gasteiger partial charge in [-0.1, -0.05) is 121 Å². The lowest BCUT2D eigenvalue weighted by Gasteiger charge is -2.17. The van der Waals surface area contributed by atoms with Crippen molar-refractivity contribution in [3.63, 3.8) is 0 Å². The molecule has 2 heteroatoms. The zero-order chi connectivity index (χ0) is 31.9. The zero-order valence-electron chi connectivity index (χ0n) is 26.2. The molecule has 2 heterocycles. The number of fused-ring (bicyclic) bond motifs is 6. The second-order valence-corrected chi connectivity index (χ2v) is 12.2. The highest BCUT2D eigenvalue weighted by Gasteiger charge is 2.16. The lowest BCUT2D eigenvalue weighted by molar-refractivity contribution is 1.32. The predicted octanol–water partition coefficient (Wildman–Crippen LogP) is 12.3. The minimum Gasteiger partial charge on any atom is -0.264 e. The van der Waals surface area contributed by atoms with Gasteiger partial charge in [-0.3, -0.25) is 9.97 Å². The first-order valence-corrected chi connectivity index (χ1v) is 16.3. The Balaban J connectivity index is 1.25. The van der Waals surface area contributed by atoms with E-state index in [0.29, 0.717) is 0 Å². The first-order valence-electron chi connectivity index (χ1n) is 16.3. The van der Waals surface area contributed by atoms with Crippen molar-refractivity contribution >= 4 is 32.3 Å². The molecule has 7 aromatic carbocycles. The third-order valence-corrected chi connectivity index (χ3v) is 9.43. The van der Waals surface area contributed by atoms with E-state index in [2.05, 4.69) is 156 Å². The van der Waals surface area contributed by atoms with E-state index in [-0.39, 0.29) is 0 Å². The van der Waals surface area contributed by atoms with Gasteiger partial charge < -0.3 is 0 Å². The van der Waals surface area contributed by atoms with Gasteiger partial charge in [0.2, 0.25) is 0 Å². The van der Waals surface area contributed by atoms with E-state index in [1.54, 1.807) is 0 Å². The highest BCUT2D eigenvalue weighted by molar-refractivity contribution is 6.25. The number of aromatic nitrogens is 2. The lowest BCUT2D eigenvalue weighted by atomic mass is 9.86. The molecule has 0 amide bonds. The molecule has 0 saturated heterocycles. The van der Waals surface area contributed by atoms with Crippen molar-refractivity contribution in [3.05, 3.63) is 183 Å². The Bertz CT molecular complexity index is 2510. The average molecular weight is 611 g/mol. The maximum Gasteiger partial charge on any atom is 0.0346 e. The zero-order valence-corrected chi connectivity index (χ0v) is 26.2. The fourth-order valence-electron chi connectivity index (χ4n) is 7.20. The van der Waals surface area contributed by atoms with Crippen LogP contribution in [0.5, 0.6) is 0 Å². The minimum absolute atomic E-state index is 1.08. The molecule has 0 atom stereocenters. The van der Waals surface area contributed by atoms with Gasteiger partial charge in [0.05, 0.1) is 0 Å². The maximum absolute atomic E-state index is 4.42. The van der Waals surface area contributed by atoms with Crippen LogP contribution in [0.2, 0.25) is 0 Å². The number of nitrogens with zero attached hydrogens (tertiary/aromatic N) is 2. The molecule has 0 saturated carbocycles. The summed E-state index contributed by atoms with van der Waals surface area (Å²) in [7, 11) is 0. The first kappa shape index (κ1) is 27.9. The quantitative estimate of drug-likeness (QED) is 0.181. The fourth-order valence-corrected chi connectivity index (χ4v) is 7.20. The van der Waals surface area contributed by atoms with Gasteiger partial charge in [-0.2, -0.15) is 0 Å². The summed E-state index contributed by atoms with van der Waals surface area (Å²) in [5.74, 6) is 0. The molecule has 0 unspecified atom stereocenters. The summed E-state index contributed by atoms with van der Waals surface area (Å²) in [4.78, 5) is 8.84. The van der Waals surface area contributed by atoms with Gasteiger partial charge in [0.1, 0.15) is 0 Å². The summed E-state index contributed by atoms with van der Waals surface area (Å²) in [6, 6.07) is 57.1. The normalized spacial score (nSPS) is 11.3. The summed E-state index contributed by atoms with van der Waals surface area (Å²) in [6.45, 7) is 0. The average Bonchev–Trinajstić information content (AvgIpc) is 3.18. The standard InChI is InChI=1S/C46H30N2/c1-3-15-39(37(13-1)31-21-22-45-43-19-6-5-17-41(43)42-18-7-8-20-44(42)46(45)28-31)40-16-4-2-14-38(40)36-26-34(32-11-9-23-47-29-32)25-35(27-36)33-12-10-24-48-30-33/h1-30H. The summed E-state index contributed by atoms with van der Waals surface area (Å²) in [5.41, 5.74) is 11.5. The minimum atomic E-state index is 1.08. The van der Waals surface area contributed by atoms with Crippen LogP contribution in [0.4, 0.5) is 0 Å². The van der Waals surface area contributed by atoms with Crippen molar-refractivity contribution in [1.82, 2.24) is 9.97 Å². The monoisotopic (exact) mass is 610 g/mol. The Morgan fingerprint density at radius 3 is 1.17 bits per heavy atom. The number of rotatable bonds is 5. The third kappa shape index (κ3) is 4.83. The third-order valence-electron chi connectivity index (χ3n) is 9.43. The van der Waals surface area contributed by atoms with Gasteiger partial charge in [-0.25, -0.2) is 0 Å². The SMILES string of the molecule is c1cncc(-c2cc(-c3cccnc3)cc(-c3ccccc3-c3ccccc3-c3ccc4c5ccccc5c5ccccc5c4c3)c2)c1. The molecule has 0 spiro atoms. The Labute approximate surface area is 279 Å². The van der Waals surface area contributed by atoms with Crippen LogP contribution >= 0.6 is 0 Å². The molecule has 48 heavy (non-hydrogen) atoms.